The van der Waals surface area contributed by atoms with Gasteiger partial charge in [0.15, 0.2) is 0 Å². The highest BCUT2D eigenvalue weighted by Crippen LogP contribution is 2.20. The van der Waals surface area contributed by atoms with Gasteiger partial charge in [-0.25, -0.2) is 4.39 Å². The van der Waals surface area contributed by atoms with E-state index in [0.717, 1.165) is 6.54 Å². The molecule has 0 aliphatic rings. The SMILES string of the molecule is C=CCN(Cc1ccccc1)Cc1cc(F)ccc1O. The third-order valence-electron chi connectivity index (χ3n) is 3.07. The molecule has 0 atom stereocenters. The van der Waals surface area contributed by atoms with Crippen molar-refractivity contribution >= 4 is 0 Å². The van der Waals surface area contributed by atoms with Crippen molar-refractivity contribution in [2.24, 2.45) is 0 Å². The van der Waals surface area contributed by atoms with Crippen LogP contribution in [0.3, 0.4) is 0 Å². The summed E-state index contributed by atoms with van der Waals surface area (Å²) < 4.78 is 13.3. The predicted octanol–water partition coefficient (Wildman–Crippen LogP) is 3.72. The number of phenols is 1. The largest absolute Gasteiger partial charge is 0.508 e. The second kappa shape index (κ2) is 6.87. The fraction of sp³-hybridized carbons (Fsp3) is 0.176. The van der Waals surface area contributed by atoms with E-state index in [4.69, 9.17) is 0 Å². The first-order valence-corrected chi connectivity index (χ1v) is 6.53. The zero-order chi connectivity index (χ0) is 14.4. The number of benzene rings is 2. The smallest absolute Gasteiger partial charge is 0.123 e. The Morgan fingerprint density at radius 3 is 2.55 bits per heavy atom. The van der Waals surface area contributed by atoms with Gasteiger partial charge >= 0.3 is 0 Å². The molecule has 0 saturated heterocycles. The summed E-state index contributed by atoms with van der Waals surface area (Å²) in [6, 6.07) is 14.1. The van der Waals surface area contributed by atoms with Gasteiger partial charge in [-0.05, 0) is 23.8 Å². The van der Waals surface area contributed by atoms with Crippen LogP contribution in [0.4, 0.5) is 4.39 Å². The topological polar surface area (TPSA) is 23.5 Å². The molecule has 0 unspecified atom stereocenters. The van der Waals surface area contributed by atoms with E-state index in [0.29, 0.717) is 18.7 Å². The summed E-state index contributed by atoms with van der Waals surface area (Å²) in [5.41, 5.74) is 1.76. The summed E-state index contributed by atoms with van der Waals surface area (Å²) in [7, 11) is 0. The number of hydrogen-bond donors (Lipinski definition) is 1. The van der Waals surface area contributed by atoms with Crippen molar-refractivity contribution in [2.45, 2.75) is 13.1 Å². The molecule has 0 spiro atoms. The summed E-state index contributed by atoms with van der Waals surface area (Å²) >= 11 is 0. The zero-order valence-electron chi connectivity index (χ0n) is 11.3. The van der Waals surface area contributed by atoms with Gasteiger partial charge in [-0.2, -0.15) is 0 Å². The molecule has 1 N–H and O–H groups in total. The molecule has 0 bridgehead atoms. The Hall–Kier alpha value is -2.13. The highest BCUT2D eigenvalue weighted by Gasteiger charge is 2.09. The lowest BCUT2D eigenvalue weighted by molar-refractivity contribution is 0.281. The summed E-state index contributed by atoms with van der Waals surface area (Å²) in [6.45, 7) is 5.62. The quantitative estimate of drug-likeness (QED) is 0.809. The minimum atomic E-state index is -0.337. The lowest BCUT2D eigenvalue weighted by Crippen LogP contribution is -2.22. The first kappa shape index (κ1) is 14.3. The van der Waals surface area contributed by atoms with Crippen molar-refractivity contribution in [1.29, 1.82) is 0 Å². The molecule has 0 amide bonds. The van der Waals surface area contributed by atoms with Crippen molar-refractivity contribution in [3.8, 4) is 5.75 Å². The van der Waals surface area contributed by atoms with E-state index < -0.39 is 0 Å². The number of nitrogens with zero attached hydrogens (tertiary/aromatic N) is 1. The third kappa shape index (κ3) is 3.93. The molecule has 0 aromatic heterocycles. The Bertz CT molecular complexity index is 568. The maximum atomic E-state index is 13.3. The van der Waals surface area contributed by atoms with Crippen molar-refractivity contribution in [1.82, 2.24) is 4.90 Å². The molecule has 0 radical (unpaired) electrons. The Morgan fingerprint density at radius 1 is 1.10 bits per heavy atom. The Kier molecular flexibility index (Phi) is 4.91. The van der Waals surface area contributed by atoms with E-state index in [2.05, 4.69) is 11.5 Å². The van der Waals surface area contributed by atoms with E-state index in [-0.39, 0.29) is 11.6 Å². The molecular formula is C17H18FNO. The highest BCUT2D eigenvalue weighted by atomic mass is 19.1. The molecule has 0 fully saturated rings. The fourth-order valence-corrected chi connectivity index (χ4v) is 2.13. The number of rotatable bonds is 6. The molecule has 2 nitrogen and oxygen atoms in total. The summed E-state index contributed by atoms with van der Waals surface area (Å²) in [6.07, 6.45) is 1.80. The van der Waals surface area contributed by atoms with Gasteiger partial charge in [-0.1, -0.05) is 36.4 Å². The van der Waals surface area contributed by atoms with Crippen molar-refractivity contribution in [2.75, 3.05) is 6.54 Å². The molecule has 2 aromatic rings. The average molecular weight is 271 g/mol. The van der Waals surface area contributed by atoms with Gasteiger partial charge in [0.1, 0.15) is 11.6 Å². The summed E-state index contributed by atoms with van der Waals surface area (Å²) in [4.78, 5) is 2.09. The van der Waals surface area contributed by atoms with E-state index in [1.165, 1.54) is 23.8 Å². The van der Waals surface area contributed by atoms with E-state index in [9.17, 15) is 9.50 Å². The molecule has 2 aromatic carbocycles. The molecule has 0 saturated carbocycles. The maximum Gasteiger partial charge on any atom is 0.123 e. The van der Waals surface area contributed by atoms with Crippen LogP contribution in [0.5, 0.6) is 5.75 Å². The van der Waals surface area contributed by atoms with Crippen molar-refractivity contribution < 1.29 is 9.50 Å². The minimum Gasteiger partial charge on any atom is -0.508 e. The van der Waals surface area contributed by atoms with Crippen LogP contribution >= 0.6 is 0 Å². The molecule has 104 valence electrons. The molecular weight excluding hydrogens is 253 g/mol. The molecule has 2 rings (SSSR count). The van der Waals surface area contributed by atoms with E-state index in [1.54, 1.807) is 6.08 Å². The van der Waals surface area contributed by atoms with Gasteiger partial charge in [0.05, 0.1) is 0 Å². The monoisotopic (exact) mass is 271 g/mol. The Balaban J connectivity index is 2.13. The van der Waals surface area contributed by atoms with E-state index in [1.807, 2.05) is 30.3 Å². The van der Waals surface area contributed by atoms with Crippen molar-refractivity contribution in [3.05, 3.63) is 78.1 Å². The molecule has 20 heavy (non-hydrogen) atoms. The fourth-order valence-electron chi connectivity index (χ4n) is 2.13. The van der Waals surface area contributed by atoms with Crippen LogP contribution in [0.25, 0.3) is 0 Å². The second-order valence-electron chi connectivity index (χ2n) is 4.72. The first-order valence-electron chi connectivity index (χ1n) is 6.53. The Labute approximate surface area is 118 Å². The lowest BCUT2D eigenvalue weighted by Gasteiger charge is -2.21. The summed E-state index contributed by atoms with van der Waals surface area (Å²) in [5, 5.41) is 9.80. The van der Waals surface area contributed by atoms with Gasteiger partial charge in [0.25, 0.3) is 0 Å². The van der Waals surface area contributed by atoms with Crippen LogP contribution in [0.1, 0.15) is 11.1 Å². The second-order valence-corrected chi connectivity index (χ2v) is 4.72. The lowest BCUT2D eigenvalue weighted by atomic mass is 10.1. The number of halogens is 1. The average Bonchev–Trinajstić information content (AvgIpc) is 2.44. The number of aromatic hydroxyl groups is 1. The van der Waals surface area contributed by atoms with Gasteiger partial charge in [0.2, 0.25) is 0 Å². The normalized spacial score (nSPS) is 10.7. The van der Waals surface area contributed by atoms with Crippen LogP contribution in [0.2, 0.25) is 0 Å². The number of hydrogen-bond acceptors (Lipinski definition) is 2. The maximum absolute atomic E-state index is 13.3. The zero-order valence-corrected chi connectivity index (χ0v) is 11.3. The minimum absolute atomic E-state index is 0.119. The van der Waals surface area contributed by atoms with Crippen LogP contribution in [0.15, 0.2) is 61.2 Å². The predicted molar refractivity (Wildman–Crippen MR) is 78.8 cm³/mol. The van der Waals surface area contributed by atoms with Crippen molar-refractivity contribution in [3.63, 3.8) is 0 Å². The first-order chi connectivity index (χ1) is 9.69. The molecule has 0 heterocycles. The van der Waals surface area contributed by atoms with Gasteiger partial charge in [-0.3, -0.25) is 4.90 Å². The van der Waals surface area contributed by atoms with Gasteiger partial charge < -0.3 is 5.11 Å². The standard InChI is InChI=1S/C17H18FNO/c1-2-10-19(12-14-6-4-3-5-7-14)13-15-11-16(18)8-9-17(15)20/h2-9,11,20H,1,10,12-13H2. The van der Waals surface area contributed by atoms with Crippen LogP contribution in [0, 0.1) is 5.82 Å². The van der Waals surface area contributed by atoms with Crippen LogP contribution < -0.4 is 0 Å². The highest BCUT2D eigenvalue weighted by molar-refractivity contribution is 5.32. The third-order valence-corrected chi connectivity index (χ3v) is 3.07. The molecule has 0 aliphatic carbocycles. The summed E-state index contributed by atoms with van der Waals surface area (Å²) in [5.74, 6) is -0.218. The number of phenolic OH excluding ortho intramolecular Hbond substituents is 1. The molecule has 3 heteroatoms. The van der Waals surface area contributed by atoms with Crippen LogP contribution in [-0.4, -0.2) is 16.6 Å². The Morgan fingerprint density at radius 2 is 1.85 bits per heavy atom. The molecule has 0 aliphatic heterocycles. The van der Waals surface area contributed by atoms with E-state index >= 15 is 0 Å². The van der Waals surface area contributed by atoms with Gasteiger partial charge in [0, 0.05) is 25.2 Å². The van der Waals surface area contributed by atoms with Gasteiger partial charge in [-0.15, -0.1) is 6.58 Å². The van der Waals surface area contributed by atoms with Crippen LogP contribution in [-0.2, 0) is 13.1 Å².